The molecule has 1 amide bonds. The van der Waals surface area contributed by atoms with Gasteiger partial charge < -0.3 is 9.64 Å². The molecule has 2 aromatic heterocycles. The van der Waals surface area contributed by atoms with Crippen LogP contribution in [0.4, 0.5) is 4.39 Å². The summed E-state index contributed by atoms with van der Waals surface area (Å²) in [5, 5.41) is 0. The molecule has 3 heterocycles. The van der Waals surface area contributed by atoms with Crippen LogP contribution in [-0.2, 0) is 11.4 Å². The molecule has 0 saturated carbocycles. The van der Waals surface area contributed by atoms with Crippen LogP contribution in [0.5, 0.6) is 5.75 Å². The van der Waals surface area contributed by atoms with Gasteiger partial charge in [0.15, 0.2) is 0 Å². The molecule has 4 aromatic rings. The summed E-state index contributed by atoms with van der Waals surface area (Å²) in [6.07, 6.45) is 7.93. The fourth-order valence-corrected chi connectivity index (χ4v) is 4.74. The van der Waals surface area contributed by atoms with Crippen LogP contribution in [-0.4, -0.2) is 31.7 Å². The normalized spacial score (nSPS) is 15.8. The fourth-order valence-electron chi connectivity index (χ4n) is 4.74. The number of rotatable bonds is 6. The first-order chi connectivity index (χ1) is 17.0. The second-order valence-electron chi connectivity index (χ2n) is 8.74. The lowest BCUT2D eigenvalue weighted by Crippen LogP contribution is -2.38. The van der Waals surface area contributed by atoms with E-state index in [0.29, 0.717) is 12.3 Å². The number of aromatic nitrogens is 3. The van der Waals surface area contributed by atoms with Gasteiger partial charge in [-0.05, 0) is 74.2 Å². The highest BCUT2D eigenvalue weighted by molar-refractivity contribution is 5.87. The van der Waals surface area contributed by atoms with Gasteiger partial charge in [-0.15, -0.1) is 0 Å². The van der Waals surface area contributed by atoms with Gasteiger partial charge in [-0.3, -0.25) is 14.2 Å². The molecule has 0 unspecified atom stereocenters. The summed E-state index contributed by atoms with van der Waals surface area (Å²) < 4.78 is 21.3. The quantitative estimate of drug-likeness (QED) is 0.341. The Morgan fingerprint density at radius 1 is 1.23 bits per heavy atom. The van der Waals surface area contributed by atoms with Crippen LogP contribution in [0.3, 0.4) is 0 Å². The van der Waals surface area contributed by atoms with Crippen LogP contribution in [0.25, 0.3) is 16.8 Å². The first kappa shape index (κ1) is 22.8. The first-order valence-corrected chi connectivity index (χ1v) is 11.8. The highest BCUT2D eigenvalue weighted by Gasteiger charge is 2.31. The van der Waals surface area contributed by atoms with Crippen molar-refractivity contribution in [1.82, 2.24) is 19.3 Å². The van der Waals surface area contributed by atoms with Crippen LogP contribution in [0.2, 0.25) is 0 Å². The SMILES string of the molecule is C=CC(=O)N1CCCC[C@H]1c1nc(-c2ccc(OCc3cccc(F)c3)cc2)c2c(C)nccn12. The third kappa shape index (κ3) is 4.54. The molecule has 1 fully saturated rings. The Hall–Kier alpha value is -4.00. The maximum Gasteiger partial charge on any atom is 0.246 e. The molecule has 2 aromatic carbocycles. The van der Waals surface area contributed by atoms with Gasteiger partial charge in [0, 0.05) is 24.5 Å². The zero-order valence-corrected chi connectivity index (χ0v) is 19.7. The number of fused-ring (bicyclic) bond motifs is 1. The zero-order valence-electron chi connectivity index (χ0n) is 19.7. The van der Waals surface area contributed by atoms with E-state index in [2.05, 4.69) is 16.0 Å². The van der Waals surface area contributed by atoms with Crippen molar-refractivity contribution in [3.63, 3.8) is 0 Å². The number of amides is 1. The molecule has 1 aliphatic heterocycles. The van der Waals surface area contributed by atoms with Crippen molar-refractivity contribution < 1.29 is 13.9 Å². The molecule has 0 spiro atoms. The van der Waals surface area contributed by atoms with E-state index in [4.69, 9.17) is 9.72 Å². The van der Waals surface area contributed by atoms with E-state index in [0.717, 1.165) is 53.1 Å². The maximum atomic E-state index is 13.4. The first-order valence-electron chi connectivity index (χ1n) is 11.8. The highest BCUT2D eigenvalue weighted by Crippen LogP contribution is 2.35. The van der Waals surface area contributed by atoms with E-state index in [-0.39, 0.29) is 24.4 Å². The van der Waals surface area contributed by atoms with Crippen molar-refractivity contribution >= 4 is 11.4 Å². The summed E-state index contributed by atoms with van der Waals surface area (Å²) in [5.41, 5.74) is 4.31. The Morgan fingerprint density at radius 3 is 2.83 bits per heavy atom. The van der Waals surface area contributed by atoms with Gasteiger partial charge in [0.2, 0.25) is 5.91 Å². The number of hydrogen-bond acceptors (Lipinski definition) is 4. The van der Waals surface area contributed by atoms with Crippen molar-refractivity contribution in [2.45, 2.75) is 38.8 Å². The lowest BCUT2D eigenvalue weighted by molar-refractivity contribution is -0.129. The van der Waals surface area contributed by atoms with Gasteiger partial charge in [0.1, 0.15) is 24.0 Å². The number of likely N-dealkylation sites (tertiary alicyclic amines) is 1. The maximum absolute atomic E-state index is 13.4. The minimum atomic E-state index is -0.279. The predicted molar refractivity (Wildman–Crippen MR) is 132 cm³/mol. The van der Waals surface area contributed by atoms with Crippen LogP contribution in [0.15, 0.2) is 73.6 Å². The second kappa shape index (κ2) is 9.70. The molecule has 0 N–H and O–H groups in total. The Bertz CT molecular complexity index is 1380. The second-order valence-corrected chi connectivity index (χ2v) is 8.74. The molecule has 1 saturated heterocycles. The summed E-state index contributed by atoms with van der Waals surface area (Å²) in [4.78, 5) is 24.0. The number of piperidine rings is 1. The number of carbonyl (C=O) groups excluding carboxylic acids is 1. The number of imidazole rings is 1. The number of nitrogens with zero attached hydrogens (tertiary/aromatic N) is 4. The van der Waals surface area contributed by atoms with Crippen LogP contribution in [0, 0.1) is 12.7 Å². The standard InChI is InChI=1S/C28H27FN4O2/c1-3-25(34)32-15-5-4-9-24(32)28-31-26(27-19(2)30-14-16-33(27)28)21-10-12-23(13-11-21)35-18-20-7-6-8-22(29)17-20/h3,6-8,10-14,16-17,24H,1,4-5,9,15,18H2,2H3/t24-/m0/s1. The average Bonchev–Trinajstić information content (AvgIpc) is 3.28. The minimum Gasteiger partial charge on any atom is -0.489 e. The van der Waals surface area contributed by atoms with Gasteiger partial charge in [-0.1, -0.05) is 18.7 Å². The van der Waals surface area contributed by atoms with Crippen LogP contribution < -0.4 is 4.74 Å². The minimum absolute atomic E-state index is 0.0708. The van der Waals surface area contributed by atoms with E-state index in [1.54, 1.807) is 12.3 Å². The van der Waals surface area contributed by atoms with E-state index >= 15 is 0 Å². The number of aryl methyl sites for hydroxylation is 1. The zero-order chi connectivity index (χ0) is 24.4. The number of carbonyl (C=O) groups is 1. The molecule has 6 nitrogen and oxygen atoms in total. The summed E-state index contributed by atoms with van der Waals surface area (Å²) in [7, 11) is 0. The van der Waals surface area contributed by atoms with Crippen molar-refractivity contribution in [1.29, 1.82) is 0 Å². The van der Waals surface area contributed by atoms with Gasteiger partial charge in [-0.2, -0.15) is 0 Å². The van der Waals surface area contributed by atoms with Gasteiger partial charge in [-0.25, -0.2) is 9.37 Å². The lowest BCUT2D eigenvalue weighted by Gasteiger charge is -2.34. The van der Waals surface area contributed by atoms with Crippen molar-refractivity contribution in [2.24, 2.45) is 0 Å². The van der Waals surface area contributed by atoms with Crippen LogP contribution in [0.1, 0.15) is 42.4 Å². The summed E-state index contributed by atoms with van der Waals surface area (Å²) in [6, 6.07) is 14.0. The molecule has 178 valence electrons. The molecule has 1 atom stereocenters. The van der Waals surface area contributed by atoms with Crippen molar-refractivity contribution in [2.75, 3.05) is 6.54 Å². The van der Waals surface area contributed by atoms with Gasteiger partial charge >= 0.3 is 0 Å². The molecule has 0 aliphatic carbocycles. The molecule has 1 aliphatic rings. The number of halogens is 1. The topological polar surface area (TPSA) is 59.7 Å². The molecule has 0 bridgehead atoms. The van der Waals surface area contributed by atoms with E-state index < -0.39 is 0 Å². The summed E-state index contributed by atoms with van der Waals surface area (Å²) in [6.45, 7) is 6.63. The number of hydrogen-bond donors (Lipinski definition) is 0. The largest absolute Gasteiger partial charge is 0.489 e. The van der Waals surface area contributed by atoms with E-state index in [9.17, 15) is 9.18 Å². The average molecular weight is 471 g/mol. The van der Waals surface area contributed by atoms with Crippen molar-refractivity contribution in [3.05, 3.63) is 96.5 Å². The molecular weight excluding hydrogens is 443 g/mol. The summed E-state index contributed by atoms with van der Waals surface area (Å²) >= 11 is 0. The molecule has 5 rings (SSSR count). The lowest BCUT2D eigenvalue weighted by atomic mass is 10.0. The fraction of sp³-hybridized carbons (Fsp3) is 0.250. The predicted octanol–water partition coefficient (Wildman–Crippen LogP) is 5.66. The van der Waals surface area contributed by atoms with E-state index in [1.807, 2.05) is 48.4 Å². The number of ether oxygens (including phenoxy) is 1. The Morgan fingerprint density at radius 2 is 2.06 bits per heavy atom. The molecule has 35 heavy (non-hydrogen) atoms. The third-order valence-electron chi connectivity index (χ3n) is 6.45. The van der Waals surface area contributed by atoms with Crippen LogP contribution >= 0.6 is 0 Å². The van der Waals surface area contributed by atoms with Crippen molar-refractivity contribution in [3.8, 4) is 17.0 Å². The molecular formula is C28H27FN4O2. The monoisotopic (exact) mass is 470 g/mol. The van der Waals surface area contributed by atoms with Gasteiger partial charge in [0.25, 0.3) is 0 Å². The van der Waals surface area contributed by atoms with Gasteiger partial charge in [0.05, 0.1) is 22.9 Å². The molecule has 0 radical (unpaired) electrons. The smallest absolute Gasteiger partial charge is 0.246 e. The highest BCUT2D eigenvalue weighted by atomic mass is 19.1. The summed E-state index contributed by atoms with van der Waals surface area (Å²) in [5.74, 6) is 1.17. The Labute approximate surface area is 203 Å². The Kier molecular flexibility index (Phi) is 6.31. The Balaban J connectivity index is 1.47. The molecule has 7 heteroatoms. The number of benzene rings is 2. The third-order valence-corrected chi connectivity index (χ3v) is 6.45. The van der Waals surface area contributed by atoms with E-state index in [1.165, 1.54) is 18.2 Å².